The number of sulfonamides is 1. The minimum atomic E-state index is -3.63. The minimum absolute atomic E-state index is 0.211. The zero-order valence-corrected chi connectivity index (χ0v) is 18.4. The van der Waals surface area contributed by atoms with Crippen LogP contribution in [0, 0.1) is 12.8 Å². The molecule has 0 atom stereocenters. The van der Waals surface area contributed by atoms with Gasteiger partial charge in [-0.3, -0.25) is 4.79 Å². The quantitative estimate of drug-likeness (QED) is 0.725. The summed E-state index contributed by atoms with van der Waals surface area (Å²) >= 11 is 12.2. The van der Waals surface area contributed by atoms with Crippen molar-refractivity contribution in [2.24, 2.45) is 5.92 Å². The lowest BCUT2D eigenvalue weighted by Crippen LogP contribution is -2.41. The van der Waals surface area contributed by atoms with Crippen molar-refractivity contribution in [3.05, 3.63) is 52.0 Å². The monoisotopic (exact) mass is 456 g/mol. The highest BCUT2D eigenvalue weighted by Gasteiger charge is 2.32. The fourth-order valence-corrected chi connectivity index (χ4v) is 5.41. The number of para-hydroxylation sites is 1. The van der Waals surface area contributed by atoms with Gasteiger partial charge in [0.25, 0.3) is 0 Å². The summed E-state index contributed by atoms with van der Waals surface area (Å²) in [6.07, 6.45) is 0.838. The van der Waals surface area contributed by atoms with Crippen LogP contribution in [0.1, 0.15) is 18.4 Å². The molecule has 1 heterocycles. The Labute approximate surface area is 180 Å². The Morgan fingerprint density at radius 2 is 1.76 bits per heavy atom. The summed E-state index contributed by atoms with van der Waals surface area (Å²) in [4.78, 5) is 12.8. The van der Waals surface area contributed by atoms with Gasteiger partial charge in [0, 0.05) is 19.0 Å². The van der Waals surface area contributed by atoms with E-state index >= 15 is 0 Å². The average molecular weight is 457 g/mol. The topological polar surface area (TPSA) is 75.7 Å². The molecule has 2 aromatic rings. The lowest BCUT2D eigenvalue weighted by molar-refractivity contribution is -0.120. The Hall–Kier alpha value is -1.80. The summed E-state index contributed by atoms with van der Waals surface area (Å²) in [6.45, 7) is 2.33. The largest absolute Gasteiger partial charge is 0.496 e. The Balaban J connectivity index is 1.66. The number of benzene rings is 2. The molecule has 1 amide bonds. The van der Waals surface area contributed by atoms with Crippen LogP contribution in [0.25, 0.3) is 0 Å². The average Bonchev–Trinajstić information content (AvgIpc) is 2.70. The van der Waals surface area contributed by atoms with Gasteiger partial charge in [0.15, 0.2) is 0 Å². The lowest BCUT2D eigenvalue weighted by Gasteiger charge is -2.30. The maximum absolute atomic E-state index is 12.9. The van der Waals surface area contributed by atoms with Crippen LogP contribution in [-0.2, 0) is 14.8 Å². The van der Waals surface area contributed by atoms with E-state index in [2.05, 4.69) is 5.32 Å². The van der Waals surface area contributed by atoms with Crippen molar-refractivity contribution >= 4 is 44.8 Å². The van der Waals surface area contributed by atoms with Gasteiger partial charge in [-0.25, -0.2) is 8.42 Å². The van der Waals surface area contributed by atoms with E-state index < -0.39 is 10.0 Å². The van der Waals surface area contributed by atoms with Gasteiger partial charge in [0.2, 0.25) is 15.9 Å². The second-order valence-corrected chi connectivity index (χ2v) is 9.65. The van der Waals surface area contributed by atoms with Crippen LogP contribution >= 0.6 is 23.2 Å². The first-order chi connectivity index (χ1) is 13.7. The van der Waals surface area contributed by atoms with E-state index in [-0.39, 0.29) is 29.8 Å². The fourth-order valence-electron chi connectivity index (χ4n) is 3.36. The molecular weight excluding hydrogens is 435 g/mol. The molecule has 1 N–H and O–H groups in total. The van der Waals surface area contributed by atoms with Crippen molar-refractivity contribution < 1.29 is 17.9 Å². The number of amides is 1. The molecule has 0 spiro atoms. The SMILES string of the molecule is COc1ccc(S(=O)(=O)N2CCC(C(=O)Nc3c(Cl)cccc3Cl)CC2)cc1C. The summed E-state index contributed by atoms with van der Waals surface area (Å²) in [7, 11) is -2.08. The molecule has 0 bridgehead atoms. The number of carbonyl (C=O) groups is 1. The summed E-state index contributed by atoms with van der Waals surface area (Å²) in [6, 6.07) is 9.79. The molecule has 1 aliphatic rings. The summed E-state index contributed by atoms with van der Waals surface area (Å²) in [5, 5.41) is 3.49. The second-order valence-electron chi connectivity index (χ2n) is 6.90. The van der Waals surface area contributed by atoms with Crippen molar-refractivity contribution in [1.29, 1.82) is 0 Å². The molecule has 3 rings (SSSR count). The number of rotatable bonds is 5. The first-order valence-corrected chi connectivity index (χ1v) is 11.3. The van der Waals surface area contributed by atoms with Crippen molar-refractivity contribution in [2.45, 2.75) is 24.7 Å². The molecule has 0 unspecified atom stereocenters. The first kappa shape index (κ1) is 21.9. The predicted octanol–water partition coefficient (Wildman–Crippen LogP) is 4.35. The van der Waals surface area contributed by atoms with E-state index in [4.69, 9.17) is 27.9 Å². The van der Waals surface area contributed by atoms with E-state index in [0.717, 1.165) is 5.56 Å². The Morgan fingerprint density at radius 3 is 2.31 bits per heavy atom. The Morgan fingerprint density at radius 1 is 1.14 bits per heavy atom. The Bertz CT molecular complexity index is 999. The molecule has 1 saturated heterocycles. The fraction of sp³-hybridized carbons (Fsp3) is 0.350. The Kier molecular flexibility index (Phi) is 6.73. The number of hydrogen-bond donors (Lipinski definition) is 1. The highest BCUT2D eigenvalue weighted by atomic mass is 35.5. The molecule has 1 fully saturated rings. The number of nitrogens with zero attached hydrogens (tertiary/aromatic N) is 1. The molecule has 0 aromatic heterocycles. The van der Waals surface area contributed by atoms with Gasteiger partial charge in [0.1, 0.15) is 5.75 Å². The van der Waals surface area contributed by atoms with E-state index in [1.165, 1.54) is 4.31 Å². The highest BCUT2D eigenvalue weighted by Crippen LogP contribution is 2.32. The number of anilines is 1. The van der Waals surface area contributed by atoms with Crippen molar-refractivity contribution in [3.63, 3.8) is 0 Å². The maximum atomic E-state index is 12.9. The molecule has 1 aliphatic heterocycles. The molecule has 9 heteroatoms. The molecule has 0 aliphatic carbocycles. The third-order valence-corrected chi connectivity index (χ3v) is 7.56. The highest BCUT2D eigenvalue weighted by molar-refractivity contribution is 7.89. The predicted molar refractivity (Wildman–Crippen MR) is 114 cm³/mol. The van der Waals surface area contributed by atoms with E-state index in [1.807, 2.05) is 0 Å². The standard InChI is InChI=1S/C20H22Cl2N2O4S/c1-13-12-15(6-7-18(13)28-2)29(26,27)24-10-8-14(9-11-24)20(25)23-19-16(21)4-3-5-17(19)22/h3-7,12,14H,8-11H2,1-2H3,(H,23,25). The van der Waals surface area contributed by atoms with Crippen molar-refractivity contribution in [1.82, 2.24) is 4.31 Å². The third kappa shape index (κ3) is 4.69. The van der Waals surface area contributed by atoms with Gasteiger partial charge in [0.05, 0.1) is 27.7 Å². The zero-order valence-electron chi connectivity index (χ0n) is 16.1. The maximum Gasteiger partial charge on any atom is 0.243 e. The van der Waals surface area contributed by atoms with E-state index in [9.17, 15) is 13.2 Å². The normalized spacial score (nSPS) is 15.9. The minimum Gasteiger partial charge on any atom is -0.496 e. The number of nitrogens with one attached hydrogen (secondary N) is 1. The van der Waals surface area contributed by atoms with E-state index in [0.29, 0.717) is 34.3 Å². The summed E-state index contributed by atoms with van der Waals surface area (Å²) in [5.74, 6) is 0.112. The summed E-state index contributed by atoms with van der Waals surface area (Å²) < 4.78 is 32.5. The second kappa shape index (κ2) is 8.92. The number of piperidine rings is 1. The van der Waals surface area contributed by atoms with Crippen molar-refractivity contribution in [3.8, 4) is 5.75 Å². The third-order valence-electron chi connectivity index (χ3n) is 5.04. The molecule has 2 aromatic carbocycles. The van der Waals surface area contributed by atoms with Crippen LogP contribution in [0.4, 0.5) is 5.69 Å². The van der Waals surface area contributed by atoms with Crippen molar-refractivity contribution in [2.75, 3.05) is 25.5 Å². The summed E-state index contributed by atoms with van der Waals surface area (Å²) in [5.41, 5.74) is 1.13. The smallest absolute Gasteiger partial charge is 0.243 e. The van der Waals surface area contributed by atoms with E-state index in [1.54, 1.807) is 50.4 Å². The lowest BCUT2D eigenvalue weighted by atomic mass is 9.97. The first-order valence-electron chi connectivity index (χ1n) is 9.13. The van der Waals surface area contributed by atoms with Crippen LogP contribution in [0.5, 0.6) is 5.75 Å². The zero-order chi connectivity index (χ0) is 21.2. The molecule has 0 saturated carbocycles. The molecular formula is C20H22Cl2N2O4S. The molecule has 0 radical (unpaired) electrons. The van der Waals surface area contributed by atoms with Gasteiger partial charge in [-0.2, -0.15) is 4.31 Å². The van der Waals surface area contributed by atoms with Gasteiger partial charge >= 0.3 is 0 Å². The van der Waals surface area contributed by atoms with Gasteiger partial charge in [-0.1, -0.05) is 29.3 Å². The van der Waals surface area contributed by atoms with Gasteiger partial charge in [-0.15, -0.1) is 0 Å². The number of hydrogen-bond acceptors (Lipinski definition) is 4. The van der Waals surface area contributed by atoms with Crippen LogP contribution < -0.4 is 10.1 Å². The molecule has 29 heavy (non-hydrogen) atoms. The van der Waals surface area contributed by atoms with Gasteiger partial charge in [-0.05, 0) is 55.7 Å². The molecule has 156 valence electrons. The van der Waals surface area contributed by atoms with Crippen LogP contribution in [0.15, 0.2) is 41.3 Å². The number of ether oxygens (including phenoxy) is 1. The van der Waals surface area contributed by atoms with Crippen LogP contribution in [-0.4, -0.2) is 38.8 Å². The number of methoxy groups -OCH3 is 1. The molecule has 6 nitrogen and oxygen atoms in total. The van der Waals surface area contributed by atoms with Crippen LogP contribution in [0.3, 0.4) is 0 Å². The number of aryl methyl sites for hydroxylation is 1. The van der Waals surface area contributed by atoms with Gasteiger partial charge < -0.3 is 10.1 Å². The number of halogens is 2. The van der Waals surface area contributed by atoms with Crippen LogP contribution in [0.2, 0.25) is 10.0 Å². The number of carbonyl (C=O) groups excluding carboxylic acids is 1.